The fourth-order valence-corrected chi connectivity index (χ4v) is 3.56. The van der Waals surface area contributed by atoms with E-state index in [1.807, 2.05) is 12.1 Å². The van der Waals surface area contributed by atoms with E-state index in [0.717, 1.165) is 24.0 Å². The lowest BCUT2D eigenvalue weighted by Crippen LogP contribution is -2.08. The summed E-state index contributed by atoms with van der Waals surface area (Å²) in [6.07, 6.45) is 1.68. The number of aromatic hydroxyl groups is 1. The van der Waals surface area contributed by atoms with Crippen LogP contribution in [0.4, 0.5) is 10.1 Å². The van der Waals surface area contributed by atoms with Gasteiger partial charge in [0.15, 0.2) is 0 Å². The maximum absolute atomic E-state index is 13.2. The van der Waals surface area contributed by atoms with Crippen molar-refractivity contribution in [2.45, 2.75) is 18.9 Å². The van der Waals surface area contributed by atoms with E-state index >= 15 is 0 Å². The van der Waals surface area contributed by atoms with Crippen LogP contribution in [0.25, 0.3) is 0 Å². The molecule has 0 amide bonds. The number of phenols is 1. The molecular weight excluding hydrogens is 345 g/mol. The molecule has 20 heavy (non-hydrogen) atoms. The van der Waals surface area contributed by atoms with E-state index in [4.69, 9.17) is 11.6 Å². The third kappa shape index (κ3) is 2.38. The van der Waals surface area contributed by atoms with Crippen LogP contribution in [0.2, 0.25) is 5.02 Å². The Morgan fingerprint density at radius 1 is 1.35 bits per heavy atom. The molecule has 0 aliphatic heterocycles. The summed E-state index contributed by atoms with van der Waals surface area (Å²) in [6, 6.07) is 8.25. The van der Waals surface area contributed by atoms with Crippen molar-refractivity contribution in [1.82, 2.24) is 0 Å². The largest absolute Gasteiger partial charge is 0.508 e. The Bertz CT molecular complexity index is 654. The molecule has 2 aromatic carbocycles. The molecule has 5 heteroatoms. The molecule has 0 aromatic heterocycles. The third-order valence-electron chi connectivity index (χ3n) is 3.57. The number of nitrogens with one attached hydrogen (secondary N) is 1. The third-order valence-corrected chi connectivity index (χ3v) is 4.49. The van der Waals surface area contributed by atoms with Crippen molar-refractivity contribution in [2.24, 2.45) is 0 Å². The van der Waals surface area contributed by atoms with E-state index in [2.05, 4.69) is 21.2 Å². The first-order chi connectivity index (χ1) is 9.56. The highest BCUT2D eigenvalue weighted by Gasteiger charge is 2.25. The quantitative estimate of drug-likeness (QED) is 0.789. The van der Waals surface area contributed by atoms with Crippen LogP contribution in [-0.2, 0) is 6.42 Å². The fraction of sp³-hybridized carbons (Fsp3) is 0.200. The number of halogens is 3. The van der Waals surface area contributed by atoms with E-state index in [1.165, 1.54) is 12.1 Å². The zero-order chi connectivity index (χ0) is 14.3. The molecule has 1 atom stereocenters. The first kappa shape index (κ1) is 13.7. The lowest BCUT2D eigenvalue weighted by atomic mass is 10.1. The van der Waals surface area contributed by atoms with Crippen LogP contribution in [0.3, 0.4) is 0 Å². The molecule has 0 saturated heterocycles. The topological polar surface area (TPSA) is 32.3 Å². The maximum Gasteiger partial charge on any atom is 0.125 e. The first-order valence-corrected chi connectivity index (χ1v) is 7.45. The summed E-state index contributed by atoms with van der Waals surface area (Å²) in [6.45, 7) is 0. The smallest absolute Gasteiger partial charge is 0.125 e. The van der Waals surface area contributed by atoms with E-state index in [-0.39, 0.29) is 11.9 Å². The average Bonchev–Trinajstić information content (AvgIpc) is 2.78. The Morgan fingerprint density at radius 2 is 2.15 bits per heavy atom. The molecule has 1 aliphatic rings. The van der Waals surface area contributed by atoms with E-state index < -0.39 is 0 Å². The molecule has 1 unspecified atom stereocenters. The average molecular weight is 357 g/mol. The molecule has 0 bridgehead atoms. The van der Waals surface area contributed by atoms with Crippen LogP contribution in [0.15, 0.2) is 34.8 Å². The summed E-state index contributed by atoms with van der Waals surface area (Å²) in [5.41, 5.74) is 2.71. The Labute approximate surface area is 129 Å². The summed E-state index contributed by atoms with van der Waals surface area (Å²) in [4.78, 5) is 0. The minimum Gasteiger partial charge on any atom is -0.508 e. The van der Waals surface area contributed by atoms with Crippen molar-refractivity contribution >= 4 is 33.2 Å². The zero-order valence-corrected chi connectivity index (χ0v) is 12.8. The summed E-state index contributed by atoms with van der Waals surface area (Å²) >= 11 is 9.41. The summed E-state index contributed by atoms with van der Waals surface area (Å²) in [7, 11) is 0. The minimum atomic E-state index is -0.378. The minimum absolute atomic E-state index is 0.0661. The number of hydrogen-bond acceptors (Lipinski definition) is 2. The normalized spacial score (nSPS) is 17.1. The predicted octanol–water partition coefficient (Wildman–Crippen LogP) is 5.05. The Hall–Kier alpha value is -1.26. The lowest BCUT2D eigenvalue weighted by Gasteiger charge is -2.18. The van der Waals surface area contributed by atoms with Gasteiger partial charge in [-0.1, -0.05) is 23.7 Å². The van der Waals surface area contributed by atoms with Gasteiger partial charge in [0.1, 0.15) is 11.6 Å². The zero-order valence-electron chi connectivity index (χ0n) is 10.5. The Kier molecular flexibility index (Phi) is 3.61. The number of benzene rings is 2. The first-order valence-electron chi connectivity index (χ1n) is 6.28. The van der Waals surface area contributed by atoms with Gasteiger partial charge in [0, 0.05) is 4.47 Å². The van der Waals surface area contributed by atoms with Crippen LogP contribution in [0.1, 0.15) is 23.6 Å². The maximum atomic E-state index is 13.2. The molecule has 104 valence electrons. The standard InChI is InChI=1S/C15H12BrClFNO/c16-11-6-8(18)7-12(17)15(11)19-13-5-4-10-9(13)2-1-3-14(10)20/h1-3,6-7,13,19-20H,4-5H2. The Balaban J connectivity index is 1.94. The number of rotatable bonds is 2. The lowest BCUT2D eigenvalue weighted by molar-refractivity contribution is 0.469. The summed E-state index contributed by atoms with van der Waals surface area (Å²) < 4.78 is 13.8. The number of anilines is 1. The van der Waals surface area contributed by atoms with Gasteiger partial charge in [-0.25, -0.2) is 4.39 Å². The molecule has 2 nitrogen and oxygen atoms in total. The monoisotopic (exact) mass is 355 g/mol. The highest BCUT2D eigenvalue weighted by Crippen LogP contribution is 2.41. The van der Waals surface area contributed by atoms with Crippen molar-refractivity contribution in [3.8, 4) is 5.75 Å². The second-order valence-corrected chi connectivity index (χ2v) is 6.09. The molecule has 0 heterocycles. The van der Waals surface area contributed by atoms with Gasteiger partial charge in [0.25, 0.3) is 0 Å². The van der Waals surface area contributed by atoms with Crippen LogP contribution < -0.4 is 5.32 Å². The molecular formula is C15H12BrClFNO. The molecule has 0 saturated carbocycles. The van der Waals surface area contributed by atoms with Crippen molar-refractivity contribution in [3.05, 3.63) is 56.8 Å². The van der Waals surface area contributed by atoms with Crippen molar-refractivity contribution in [3.63, 3.8) is 0 Å². The van der Waals surface area contributed by atoms with Gasteiger partial charge >= 0.3 is 0 Å². The van der Waals surface area contributed by atoms with Crippen molar-refractivity contribution in [2.75, 3.05) is 5.32 Å². The van der Waals surface area contributed by atoms with Crippen molar-refractivity contribution < 1.29 is 9.50 Å². The number of phenolic OH excluding ortho intramolecular Hbond substituents is 1. The molecule has 1 aliphatic carbocycles. The second kappa shape index (κ2) is 5.26. The molecule has 2 aromatic rings. The molecule has 3 rings (SSSR count). The fourth-order valence-electron chi connectivity index (χ4n) is 2.64. The molecule has 2 N–H and O–H groups in total. The Morgan fingerprint density at radius 3 is 2.90 bits per heavy atom. The van der Waals surface area contributed by atoms with Gasteiger partial charge in [-0.15, -0.1) is 0 Å². The van der Waals surface area contributed by atoms with Crippen LogP contribution in [0, 0.1) is 5.82 Å². The van der Waals surface area contributed by atoms with Gasteiger partial charge in [-0.3, -0.25) is 0 Å². The van der Waals surface area contributed by atoms with E-state index in [1.54, 1.807) is 6.07 Å². The van der Waals surface area contributed by atoms with Gasteiger partial charge < -0.3 is 10.4 Å². The van der Waals surface area contributed by atoms with Crippen LogP contribution >= 0.6 is 27.5 Å². The van der Waals surface area contributed by atoms with Gasteiger partial charge in [-0.05, 0) is 58.1 Å². The van der Waals surface area contributed by atoms with E-state index in [0.29, 0.717) is 20.9 Å². The van der Waals surface area contributed by atoms with Crippen LogP contribution in [0.5, 0.6) is 5.75 Å². The highest BCUT2D eigenvalue weighted by molar-refractivity contribution is 9.10. The molecule has 0 spiro atoms. The van der Waals surface area contributed by atoms with E-state index in [9.17, 15) is 9.50 Å². The molecule has 0 fully saturated rings. The summed E-state index contributed by atoms with van der Waals surface area (Å²) in [5.74, 6) is -0.0482. The van der Waals surface area contributed by atoms with Gasteiger partial charge in [-0.2, -0.15) is 0 Å². The SMILES string of the molecule is Oc1cccc2c1CCC2Nc1c(Cl)cc(F)cc1Br. The number of fused-ring (bicyclic) bond motifs is 1. The number of hydrogen-bond donors (Lipinski definition) is 2. The summed E-state index contributed by atoms with van der Waals surface area (Å²) in [5, 5.41) is 13.5. The van der Waals surface area contributed by atoms with Gasteiger partial charge in [0.05, 0.1) is 16.8 Å². The van der Waals surface area contributed by atoms with Crippen LogP contribution in [-0.4, -0.2) is 5.11 Å². The second-order valence-electron chi connectivity index (χ2n) is 4.82. The predicted molar refractivity (Wildman–Crippen MR) is 81.9 cm³/mol. The highest BCUT2D eigenvalue weighted by atomic mass is 79.9. The van der Waals surface area contributed by atoms with Crippen molar-refractivity contribution in [1.29, 1.82) is 0 Å². The van der Waals surface area contributed by atoms with Gasteiger partial charge in [0.2, 0.25) is 0 Å². The molecule has 0 radical (unpaired) electrons.